The van der Waals surface area contributed by atoms with Crippen LogP contribution in [0.5, 0.6) is 0 Å². The van der Waals surface area contributed by atoms with Crippen molar-refractivity contribution in [2.24, 2.45) is 0 Å². The number of rotatable bonds is 0. The molecule has 2 aliphatic rings. The summed E-state index contributed by atoms with van der Waals surface area (Å²) >= 11 is 0. The average Bonchev–Trinajstić information content (AvgIpc) is 3.81. The molecule has 0 nitrogen and oxygen atoms in total. The molecule has 0 radical (unpaired) electrons. The van der Waals surface area contributed by atoms with Gasteiger partial charge in [-0.3, -0.25) is 0 Å². The van der Waals surface area contributed by atoms with E-state index in [2.05, 4.69) is 166 Å². The first-order chi connectivity index (χ1) is 29.9. The molecule has 0 saturated carbocycles. The zero-order valence-corrected chi connectivity index (χ0v) is 44.0. The van der Waals surface area contributed by atoms with E-state index in [1.807, 2.05) is 0 Å². The average molecular weight is 841 g/mol. The smallest absolute Gasteiger partial charge is 0.00114 e. The van der Waals surface area contributed by atoms with Gasteiger partial charge in [0.05, 0.1) is 0 Å². The molecule has 0 N–H and O–H groups in total. The quantitative estimate of drug-likeness (QED) is 0.133. The van der Waals surface area contributed by atoms with Crippen molar-refractivity contribution in [1.29, 1.82) is 0 Å². The van der Waals surface area contributed by atoms with Gasteiger partial charge in [0.15, 0.2) is 0 Å². The third kappa shape index (κ3) is 5.07. The molecule has 0 unspecified atom stereocenters. The zero-order chi connectivity index (χ0) is 47.1. The third-order valence-electron chi connectivity index (χ3n) is 18.9. The molecule has 0 fully saturated rings. The first kappa shape index (κ1) is 44.0. The standard InChI is InChI=1S/2C32H36/c1-13-14(2)18(6)27-24(12)31-29-22(10)16(4)20(8)25-19(7)15(3)21(9)28(32(25)29)30(31)23(11)26(27)17(13)5;1-13-14(2)19(7)26-25(18(13)6)24(12)31-28-21(9)16(4)15(3)20(8)27(28)30-23(11)17(5)22(10)29(26)32(30)31/h2*1-12H3. The molecule has 8 aromatic rings. The predicted molar refractivity (Wildman–Crippen MR) is 285 cm³/mol. The van der Waals surface area contributed by atoms with E-state index in [9.17, 15) is 0 Å². The van der Waals surface area contributed by atoms with Gasteiger partial charge in [0.2, 0.25) is 0 Å². The van der Waals surface area contributed by atoms with E-state index in [1.54, 1.807) is 0 Å². The summed E-state index contributed by atoms with van der Waals surface area (Å²) in [5.41, 5.74) is 46.8. The molecule has 0 spiro atoms. The number of fused-ring (bicyclic) bond motifs is 9. The van der Waals surface area contributed by atoms with Crippen molar-refractivity contribution in [3.05, 3.63) is 134 Å². The maximum Gasteiger partial charge on any atom is -0.00114 e. The van der Waals surface area contributed by atoms with Crippen molar-refractivity contribution >= 4 is 43.1 Å². The van der Waals surface area contributed by atoms with Crippen LogP contribution in [0.1, 0.15) is 134 Å². The maximum absolute atomic E-state index is 2.38. The van der Waals surface area contributed by atoms with E-state index in [-0.39, 0.29) is 0 Å². The zero-order valence-electron chi connectivity index (χ0n) is 44.0. The molecular formula is C64H72. The molecule has 8 aromatic carbocycles. The van der Waals surface area contributed by atoms with Gasteiger partial charge in [0, 0.05) is 0 Å². The molecule has 64 heavy (non-hydrogen) atoms. The number of benzene rings is 8. The normalized spacial score (nSPS) is 12.4. The van der Waals surface area contributed by atoms with Crippen molar-refractivity contribution < 1.29 is 0 Å². The second-order valence-corrected chi connectivity index (χ2v) is 21.0. The van der Waals surface area contributed by atoms with Crippen LogP contribution in [0.15, 0.2) is 0 Å². The predicted octanol–water partition coefficient (Wildman–Crippen LogP) is 18.7. The fraction of sp³-hybridized carbons (Fsp3) is 0.375. The van der Waals surface area contributed by atoms with Crippen LogP contribution in [-0.4, -0.2) is 0 Å². The SMILES string of the molecule is Cc1c(C)c(C)c2c(C)c3c(c(C)c2c1C)-c1c(C)c(C)c(C)c2c(C)c(C)c(C)c-3c12.Cc1c(C)c(C)c2c(c1C)-c1c(C)c(C)c(C)c3c1c-2c(C)c1c(C)c(C)c(C)c(C)c13. The summed E-state index contributed by atoms with van der Waals surface area (Å²) < 4.78 is 0. The Balaban J connectivity index is 0.000000162. The second kappa shape index (κ2) is 14.1. The molecule has 2 aliphatic carbocycles. The Morgan fingerprint density at radius 2 is 0.234 bits per heavy atom. The Labute approximate surface area is 385 Å². The molecule has 0 saturated heterocycles. The van der Waals surface area contributed by atoms with Crippen LogP contribution in [0.3, 0.4) is 0 Å². The van der Waals surface area contributed by atoms with E-state index >= 15 is 0 Å². The van der Waals surface area contributed by atoms with Gasteiger partial charge in [-0.2, -0.15) is 0 Å². The van der Waals surface area contributed by atoms with Crippen molar-refractivity contribution in [2.45, 2.75) is 166 Å². The van der Waals surface area contributed by atoms with Crippen molar-refractivity contribution in [2.75, 3.05) is 0 Å². The van der Waals surface area contributed by atoms with Crippen LogP contribution in [0.4, 0.5) is 0 Å². The van der Waals surface area contributed by atoms with Crippen molar-refractivity contribution in [3.8, 4) is 44.5 Å². The molecule has 0 bridgehead atoms. The van der Waals surface area contributed by atoms with E-state index in [0.717, 1.165) is 0 Å². The summed E-state index contributed by atoms with van der Waals surface area (Å²) in [7, 11) is 0. The Kier molecular flexibility index (Phi) is 9.73. The fourth-order valence-electron chi connectivity index (χ4n) is 13.5. The largest absolute Gasteiger partial charge is 0.0444 e. The van der Waals surface area contributed by atoms with Gasteiger partial charge >= 0.3 is 0 Å². The van der Waals surface area contributed by atoms with E-state index < -0.39 is 0 Å². The molecule has 10 rings (SSSR count). The van der Waals surface area contributed by atoms with Gasteiger partial charge in [-0.25, -0.2) is 0 Å². The van der Waals surface area contributed by atoms with Crippen molar-refractivity contribution in [1.82, 2.24) is 0 Å². The summed E-state index contributed by atoms with van der Waals surface area (Å²) in [5, 5.41) is 11.9. The highest BCUT2D eigenvalue weighted by molar-refractivity contribution is 6.29. The Bertz CT molecular complexity index is 3470. The number of aryl methyl sites for hydroxylation is 10. The molecule has 328 valence electrons. The van der Waals surface area contributed by atoms with E-state index in [0.29, 0.717) is 0 Å². The highest BCUT2D eigenvalue weighted by atomic mass is 14.4. The Morgan fingerprint density at radius 3 is 0.547 bits per heavy atom. The summed E-state index contributed by atoms with van der Waals surface area (Å²) in [6, 6.07) is 0. The summed E-state index contributed by atoms with van der Waals surface area (Å²) in [6.45, 7) is 56.0. The van der Waals surface area contributed by atoms with Gasteiger partial charge in [-0.1, -0.05) is 0 Å². The van der Waals surface area contributed by atoms with Gasteiger partial charge in [0.25, 0.3) is 0 Å². The minimum absolute atomic E-state index is 1.44. The van der Waals surface area contributed by atoms with Gasteiger partial charge in [0.1, 0.15) is 0 Å². The van der Waals surface area contributed by atoms with Gasteiger partial charge in [-0.05, 0) is 387 Å². The summed E-state index contributed by atoms with van der Waals surface area (Å²) in [4.78, 5) is 0. The first-order valence-electron chi connectivity index (χ1n) is 24.0. The van der Waals surface area contributed by atoms with E-state index in [1.165, 1.54) is 221 Å². The number of hydrogen-bond donors (Lipinski definition) is 0. The monoisotopic (exact) mass is 841 g/mol. The second-order valence-electron chi connectivity index (χ2n) is 21.0. The Morgan fingerprint density at radius 1 is 0.0938 bits per heavy atom. The third-order valence-corrected chi connectivity index (χ3v) is 18.9. The lowest BCUT2D eigenvalue weighted by Gasteiger charge is -2.23. The topological polar surface area (TPSA) is 0 Å². The molecule has 0 aromatic heterocycles. The highest BCUT2D eigenvalue weighted by Crippen LogP contribution is 2.60. The van der Waals surface area contributed by atoms with Crippen LogP contribution in [-0.2, 0) is 0 Å². The van der Waals surface area contributed by atoms with Gasteiger partial charge in [-0.15, -0.1) is 0 Å². The van der Waals surface area contributed by atoms with Crippen LogP contribution in [0.25, 0.3) is 87.6 Å². The molecule has 0 aliphatic heterocycles. The molecular weight excluding hydrogens is 769 g/mol. The van der Waals surface area contributed by atoms with Crippen LogP contribution in [0, 0.1) is 166 Å². The molecule has 0 heterocycles. The summed E-state index contributed by atoms with van der Waals surface area (Å²) in [6.07, 6.45) is 0. The van der Waals surface area contributed by atoms with Crippen molar-refractivity contribution in [3.63, 3.8) is 0 Å². The number of hydrogen-bond acceptors (Lipinski definition) is 0. The minimum Gasteiger partial charge on any atom is -0.0444 e. The molecule has 0 heteroatoms. The fourth-order valence-corrected chi connectivity index (χ4v) is 13.5. The first-order valence-corrected chi connectivity index (χ1v) is 24.0. The van der Waals surface area contributed by atoms with Crippen LogP contribution >= 0.6 is 0 Å². The van der Waals surface area contributed by atoms with Crippen LogP contribution < -0.4 is 0 Å². The van der Waals surface area contributed by atoms with Gasteiger partial charge < -0.3 is 0 Å². The lowest BCUT2D eigenvalue weighted by Crippen LogP contribution is -2.01. The van der Waals surface area contributed by atoms with E-state index in [4.69, 9.17) is 0 Å². The lowest BCUT2D eigenvalue weighted by molar-refractivity contribution is 1.22. The molecule has 0 atom stereocenters. The molecule has 0 amide bonds. The Hall–Kier alpha value is -5.20. The lowest BCUT2D eigenvalue weighted by atomic mass is 9.81. The highest BCUT2D eigenvalue weighted by Gasteiger charge is 2.35. The maximum atomic E-state index is 2.38. The summed E-state index contributed by atoms with van der Waals surface area (Å²) in [5.74, 6) is 0. The minimum atomic E-state index is 1.44. The van der Waals surface area contributed by atoms with Crippen LogP contribution in [0.2, 0.25) is 0 Å².